The van der Waals surface area contributed by atoms with E-state index in [0.29, 0.717) is 11.1 Å². The summed E-state index contributed by atoms with van der Waals surface area (Å²) >= 11 is 0. The molecule has 2 atom stereocenters. The molecule has 4 rings (SSSR count). The van der Waals surface area contributed by atoms with Crippen molar-refractivity contribution in [3.8, 4) is 6.07 Å². The van der Waals surface area contributed by atoms with E-state index in [1.54, 1.807) is 66.7 Å². The van der Waals surface area contributed by atoms with Crippen LogP contribution in [-0.4, -0.2) is 56.9 Å². The van der Waals surface area contributed by atoms with E-state index < -0.39 is 34.0 Å². The quantitative estimate of drug-likeness (QED) is 0.471. The number of ether oxygens (including phenoxy) is 1. The average Bonchev–Trinajstić information content (AvgIpc) is 2.95. The number of amides is 2. The number of benzene rings is 3. The summed E-state index contributed by atoms with van der Waals surface area (Å²) in [5, 5.41) is 14.9. The number of carbonyl (C=O) groups excluding carboxylic acids is 2. The van der Waals surface area contributed by atoms with Crippen LogP contribution in [0, 0.1) is 11.3 Å². The summed E-state index contributed by atoms with van der Waals surface area (Å²) < 4.78 is 33.3. The van der Waals surface area contributed by atoms with E-state index in [-0.39, 0.29) is 36.7 Å². The molecule has 2 amide bonds. The van der Waals surface area contributed by atoms with Gasteiger partial charge in [-0.05, 0) is 29.8 Å². The summed E-state index contributed by atoms with van der Waals surface area (Å²) in [6, 6.07) is 24.4. The highest BCUT2D eigenvalue weighted by Gasteiger charge is 2.33. The molecule has 3 aromatic carbocycles. The second kappa shape index (κ2) is 11.8. The normalized spacial score (nSPS) is 16.8. The molecule has 37 heavy (non-hydrogen) atoms. The molecule has 1 aliphatic rings. The third-order valence-electron chi connectivity index (χ3n) is 5.94. The molecule has 1 unspecified atom stereocenters. The van der Waals surface area contributed by atoms with Crippen molar-refractivity contribution in [2.45, 2.75) is 17.0 Å². The lowest BCUT2D eigenvalue weighted by molar-refractivity contribution is -0.124. The van der Waals surface area contributed by atoms with E-state index in [9.17, 15) is 23.3 Å². The van der Waals surface area contributed by atoms with Crippen LogP contribution in [0.15, 0.2) is 89.8 Å². The second-order valence-corrected chi connectivity index (χ2v) is 10.3. The largest absolute Gasteiger partial charge is 0.374 e. The Labute approximate surface area is 215 Å². The van der Waals surface area contributed by atoms with Crippen LogP contribution in [0.25, 0.3) is 0 Å². The molecule has 1 fully saturated rings. The molecule has 0 bridgehead atoms. The van der Waals surface area contributed by atoms with Crippen molar-refractivity contribution in [2.24, 2.45) is 0 Å². The van der Waals surface area contributed by atoms with Crippen LogP contribution in [-0.2, 0) is 19.6 Å². The van der Waals surface area contributed by atoms with E-state index in [4.69, 9.17) is 4.74 Å². The van der Waals surface area contributed by atoms with E-state index in [2.05, 4.69) is 10.6 Å². The lowest BCUT2D eigenvalue weighted by atomic mass is 10.1. The molecule has 1 saturated heterocycles. The highest BCUT2D eigenvalue weighted by molar-refractivity contribution is 7.89. The van der Waals surface area contributed by atoms with Crippen LogP contribution in [0.1, 0.15) is 27.5 Å². The first-order valence-corrected chi connectivity index (χ1v) is 13.1. The Morgan fingerprint density at radius 1 is 1.00 bits per heavy atom. The Morgan fingerprint density at radius 2 is 1.65 bits per heavy atom. The topological polar surface area (TPSA) is 129 Å². The summed E-state index contributed by atoms with van der Waals surface area (Å²) in [6.07, 6.45) is -0.608. The van der Waals surface area contributed by atoms with Crippen LogP contribution in [0.3, 0.4) is 0 Å². The summed E-state index contributed by atoms with van der Waals surface area (Å²) in [5.41, 5.74) is 1.09. The summed E-state index contributed by atoms with van der Waals surface area (Å²) in [7, 11) is -3.92. The number of nitrogens with one attached hydrogen (secondary N) is 2. The predicted octanol–water partition coefficient (Wildman–Crippen LogP) is 2.24. The number of rotatable bonds is 8. The summed E-state index contributed by atoms with van der Waals surface area (Å²) in [6.45, 7) is 0.317. The van der Waals surface area contributed by atoms with Crippen LogP contribution in [0.5, 0.6) is 0 Å². The Balaban J connectivity index is 1.44. The van der Waals surface area contributed by atoms with Gasteiger partial charge in [0.15, 0.2) is 0 Å². The van der Waals surface area contributed by atoms with Gasteiger partial charge in [0, 0.05) is 25.2 Å². The van der Waals surface area contributed by atoms with Crippen LogP contribution < -0.4 is 10.6 Å². The van der Waals surface area contributed by atoms with Crippen molar-refractivity contribution in [1.82, 2.24) is 14.9 Å². The molecular weight excluding hydrogens is 492 g/mol. The molecule has 0 aromatic heterocycles. The zero-order valence-electron chi connectivity index (χ0n) is 19.9. The number of hydrogen-bond acceptors (Lipinski definition) is 6. The number of carbonyl (C=O) groups is 2. The highest BCUT2D eigenvalue weighted by atomic mass is 32.2. The minimum atomic E-state index is -3.92. The Morgan fingerprint density at radius 3 is 2.35 bits per heavy atom. The van der Waals surface area contributed by atoms with Gasteiger partial charge >= 0.3 is 0 Å². The van der Waals surface area contributed by atoms with Crippen LogP contribution in [0.2, 0.25) is 0 Å². The molecule has 10 heteroatoms. The van der Waals surface area contributed by atoms with Gasteiger partial charge in [-0.15, -0.1) is 0 Å². The van der Waals surface area contributed by atoms with Gasteiger partial charge in [0.25, 0.3) is 5.91 Å². The fourth-order valence-electron chi connectivity index (χ4n) is 4.02. The first-order chi connectivity index (χ1) is 17.9. The third-order valence-corrected chi connectivity index (χ3v) is 7.86. The van der Waals surface area contributed by atoms with Crippen LogP contribution >= 0.6 is 0 Å². The number of hydrogen-bond donors (Lipinski definition) is 2. The first kappa shape index (κ1) is 26.0. The first-order valence-electron chi connectivity index (χ1n) is 11.7. The fourth-order valence-corrected chi connectivity index (χ4v) is 5.62. The molecule has 1 aliphatic heterocycles. The van der Waals surface area contributed by atoms with Gasteiger partial charge in [-0.1, -0.05) is 60.7 Å². The van der Waals surface area contributed by atoms with Crippen molar-refractivity contribution in [3.63, 3.8) is 0 Å². The molecule has 190 valence electrons. The van der Waals surface area contributed by atoms with E-state index >= 15 is 0 Å². The maximum Gasteiger partial charge on any atom is 0.252 e. The summed E-state index contributed by atoms with van der Waals surface area (Å²) in [5.74, 6) is -0.846. The number of nitrogens with zero attached hydrogens (tertiary/aromatic N) is 2. The van der Waals surface area contributed by atoms with Crippen molar-refractivity contribution in [1.29, 1.82) is 5.26 Å². The molecule has 3 aromatic rings. The van der Waals surface area contributed by atoms with Crippen molar-refractivity contribution in [2.75, 3.05) is 26.2 Å². The maximum absolute atomic E-state index is 13.2. The van der Waals surface area contributed by atoms with Crippen molar-refractivity contribution in [3.05, 3.63) is 102 Å². The Kier molecular flexibility index (Phi) is 8.30. The minimum absolute atomic E-state index is 0.00868. The lowest BCUT2D eigenvalue weighted by Gasteiger charge is -2.32. The molecule has 1 heterocycles. The van der Waals surface area contributed by atoms with Gasteiger partial charge in [-0.25, -0.2) is 8.42 Å². The van der Waals surface area contributed by atoms with E-state index in [0.717, 1.165) is 0 Å². The number of nitriles is 1. The second-order valence-electron chi connectivity index (χ2n) is 8.39. The van der Waals surface area contributed by atoms with Gasteiger partial charge in [-0.3, -0.25) is 9.59 Å². The lowest BCUT2D eigenvalue weighted by Crippen LogP contribution is -2.50. The molecule has 0 spiro atoms. The van der Waals surface area contributed by atoms with Gasteiger partial charge in [0.1, 0.15) is 12.1 Å². The van der Waals surface area contributed by atoms with Crippen LogP contribution in [0.4, 0.5) is 0 Å². The van der Waals surface area contributed by atoms with Gasteiger partial charge < -0.3 is 15.4 Å². The maximum atomic E-state index is 13.2. The molecule has 2 N–H and O–H groups in total. The number of morpholine rings is 1. The van der Waals surface area contributed by atoms with Gasteiger partial charge in [-0.2, -0.15) is 9.57 Å². The SMILES string of the molecule is N#Cc1ccccc1S(=O)(=O)N1CCOC(CNC(=O)[C@@H](NC(=O)c2ccccc2)c2ccccc2)C1. The highest BCUT2D eigenvalue weighted by Crippen LogP contribution is 2.22. The van der Waals surface area contributed by atoms with E-state index in [1.807, 2.05) is 12.1 Å². The summed E-state index contributed by atoms with van der Waals surface area (Å²) in [4.78, 5) is 25.9. The third kappa shape index (κ3) is 6.21. The molecule has 0 saturated carbocycles. The van der Waals surface area contributed by atoms with E-state index in [1.165, 1.54) is 16.4 Å². The van der Waals surface area contributed by atoms with Crippen molar-refractivity contribution < 1.29 is 22.7 Å². The smallest absolute Gasteiger partial charge is 0.252 e. The molecule has 9 nitrogen and oxygen atoms in total. The Bertz CT molecular complexity index is 1390. The standard InChI is InChI=1S/C27H26N4O5S/c28-17-22-13-7-8-14-24(22)37(34,35)31-15-16-36-23(19-31)18-29-27(33)25(20-9-3-1-4-10-20)30-26(32)21-11-5-2-6-12-21/h1-14,23,25H,15-16,18-19H2,(H,29,33)(H,30,32)/t23?,25-/m0/s1. The van der Waals surface area contributed by atoms with Gasteiger partial charge in [0.2, 0.25) is 15.9 Å². The average molecular weight is 519 g/mol. The molecule has 0 aliphatic carbocycles. The molecule has 0 radical (unpaired) electrons. The molecular formula is C27H26N4O5S. The monoisotopic (exact) mass is 518 g/mol. The van der Waals surface area contributed by atoms with Gasteiger partial charge in [0.05, 0.1) is 23.2 Å². The zero-order chi connectivity index (χ0) is 26.3. The predicted molar refractivity (Wildman–Crippen MR) is 136 cm³/mol. The Hall–Kier alpha value is -4.04. The fraction of sp³-hybridized carbons (Fsp3) is 0.222. The number of sulfonamides is 1. The minimum Gasteiger partial charge on any atom is -0.374 e. The zero-order valence-corrected chi connectivity index (χ0v) is 20.7. The van der Waals surface area contributed by atoms with Crippen molar-refractivity contribution >= 4 is 21.8 Å².